The monoisotopic (exact) mass is 400 g/mol. The van der Waals surface area contributed by atoms with E-state index in [2.05, 4.69) is 15.1 Å². The van der Waals surface area contributed by atoms with Crippen LogP contribution in [-0.2, 0) is 15.9 Å². The zero-order valence-electron chi connectivity index (χ0n) is 16.7. The lowest BCUT2D eigenvalue weighted by atomic mass is 9.97. The Labute approximate surface area is 170 Å². The molecule has 2 aliphatic heterocycles. The molecular weight excluding hydrogens is 372 g/mol. The van der Waals surface area contributed by atoms with Crippen LogP contribution < -0.4 is 0 Å². The Kier molecular flexibility index (Phi) is 6.84. The van der Waals surface area contributed by atoms with Gasteiger partial charge in [-0.1, -0.05) is 5.16 Å². The quantitative estimate of drug-likeness (QED) is 0.660. The molecular formula is C21H28N4O4. The molecule has 1 amide bonds. The summed E-state index contributed by atoms with van der Waals surface area (Å²) in [6, 6.07) is 3.58. The minimum atomic E-state index is 0.00375. The van der Waals surface area contributed by atoms with Crippen molar-refractivity contribution in [2.45, 2.75) is 38.0 Å². The maximum Gasteiger partial charge on any atom is 0.255 e. The van der Waals surface area contributed by atoms with Gasteiger partial charge in [0, 0.05) is 51.7 Å². The van der Waals surface area contributed by atoms with E-state index in [1.807, 2.05) is 4.90 Å². The van der Waals surface area contributed by atoms with Gasteiger partial charge in [-0.15, -0.1) is 0 Å². The van der Waals surface area contributed by atoms with Crippen LogP contribution in [0.5, 0.6) is 0 Å². The van der Waals surface area contributed by atoms with Gasteiger partial charge in [0.1, 0.15) is 0 Å². The molecule has 0 radical (unpaired) electrons. The number of amides is 1. The van der Waals surface area contributed by atoms with Crippen molar-refractivity contribution in [1.29, 1.82) is 0 Å². The number of pyridine rings is 1. The van der Waals surface area contributed by atoms with Crippen LogP contribution in [0.4, 0.5) is 0 Å². The van der Waals surface area contributed by atoms with E-state index in [1.54, 1.807) is 24.5 Å². The predicted molar refractivity (Wildman–Crippen MR) is 104 cm³/mol. The molecule has 0 spiro atoms. The number of ether oxygens (including phenoxy) is 2. The molecule has 2 aromatic heterocycles. The summed E-state index contributed by atoms with van der Waals surface area (Å²) < 4.78 is 16.7. The van der Waals surface area contributed by atoms with Crippen molar-refractivity contribution in [2.75, 3.05) is 39.5 Å². The molecule has 0 aliphatic carbocycles. The molecule has 4 rings (SSSR count). The highest BCUT2D eigenvalue weighted by atomic mass is 16.5. The summed E-state index contributed by atoms with van der Waals surface area (Å²) in [6.45, 7) is 4.36. The first-order valence-corrected chi connectivity index (χ1v) is 10.5. The fraction of sp³-hybridized carbons (Fsp3) is 0.619. The number of piperidine rings is 1. The van der Waals surface area contributed by atoms with Gasteiger partial charge in [0.2, 0.25) is 5.89 Å². The second-order valence-electron chi connectivity index (χ2n) is 7.76. The lowest BCUT2D eigenvalue weighted by Gasteiger charge is -2.31. The lowest BCUT2D eigenvalue weighted by Crippen LogP contribution is -2.39. The first-order valence-electron chi connectivity index (χ1n) is 10.5. The molecule has 0 aromatic carbocycles. The minimum Gasteiger partial charge on any atom is -0.381 e. The Morgan fingerprint density at radius 1 is 1.28 bits per heavy atom. The fourth-order valence-electron chi connectivity index (χ4n) is 3.90. The van der Waals surface area contributed by atoms with E-state index in [1.165, 1.54) is 0 Å². The first kappa shape index (κ1) is 20.0. The molecule has 0 bridgehead atoms. The predicted octanol–water partition coefficient (Wildman–Crippen LogP) is 2.47. The van der Waals surface area contributed by atoms with E-state index < -0.39 is 0 Å². The Bertz CT molecular complexity index is 776. The third-order valence-electron chi connectivity index (χ3n) is 5.61. The van der Waals surface area contributed by atoms with Crippen LogP contribution in [0.15, 0.2) is 29.0 Å². The van der Waals surface area contributed by atoms with Crippen LogP contribution in [0.1, 0.15) is 53.7 Å². The van der Waals surface area contributed by atoms with E-state index in [0.717, 1.165) is 52.0 Å². The van der Waals surface area contributed by atoms with Gasteiger partial charge in [-0.25, -0.2) is 0 Å². The molecule has 2 saturated heterocycles. The van der Waals surface area contributed by atoms with Gasteiger partial charge >= 0.3 is 0 Å². The summed E-state index contributed by atoms with van der Waals surface area (Å²) in [5.74, 6) is 1.96. The first-order chi connectivity index (χ1) is 14.3. The molecule has 2 fully saturated rings. The number of nitrogens with zero attached hydrogens (tertiary/aromatic N) is 4. The zero-order chi connectivity index (χ0) is 19.9. The van der Waals surface area contributed by atoms with Crippen molar-refractivity contribution >= 4 is 5.91 Å². The van der Waals surface area contributed by atoms with Crippen LogP contribution in [0.2, 0.25) is 0 Å². The van der Waals surface area contributed by atoms with E-state index in [-0.39, 0.29) is 11.8 Å². The SMILES string of the molecule is O=C(c1cccnc1)N1CCCC(c2nc(CCOCC3CCOCC3)no2)C1. The summed E-state index contributed by atoms with van der Waals surface area (Å²) in [6.07, 6.45) is 7.92. The molecule has 0 N–H and O–H groups in total. The standard InChI is InChI=1S/C21H28N4O4/c26-21(17-3-1-8-22-13-17)25-9-2-4-18(14-25)20-23-19(24-29-20)7-12-28-15-16-5-10-27-11-6-16/h1,3,8,13,16,18H,2,4-7,9-12,14-15H2. The summed E-state index contributed by atoms with van der Waals surface area (Å²) in [7, 11) is 0. The number of carbonyl (C=O) groups excluding carboxylic acids is 1. The molecule has 8 heteroatoms. The van der Waals surface area contributed by atoms with Crippen molar-refractivity contribution in [2.24, 2.45) is 5.92 Å². The maximum atomic E-state index is 12.7. The van der Waals surface area contributed by atoms with E-state index in [4.69, 9.17) is 14.0 Å². The second-order valence-corrected chi connectivity index (χ2v) is 7.76. The van der Waals surface area contributed by atoms with Gasteiger partial charge < -0.3 is 18.9 Å². The third kappa shape index (κ3) is 5.39. The van der Waals surface area contributed by atoms with Crippen LogP contribution in [0.3, 0.4) is 0 Å². The van der Waals surface area contributed by atoms with Crippen molar-refractivity contribution in [3.05, 3.63) is 41.8 Å². The van der Waals surface area contributed by atoms with E-state index in [0.29, 0.717) is 42.8 Å². The highest BCUT2D eigenvalue weighted by Gasteiger charge is 2.29. The Morgan fingerprint density at radius 2 is 2.17 bits per heavy atom. The van der Waals surface area contributed by atoms with Gasteiger partial charge in [0.05, 0.1) is 18.1 Å². The van der Waals surface area contributed by atoms with Crippen LogP contribution in [0.25, 0.3) is 0 Å². The topological polar surface area (TPSA) is 90.6 Å². The summed E-state index contributed by atoms with van der Waals surface area (Å²) >= 11 is 0. The number of likely N-dealkylation sites (tertiary alicyclic amines) is 1. The largest absolute Gasteiger partial charge is 0.381 e. The van der Waals surface area contributed by atoms with Crippen LogP contribution in [0, 0.1) is 5.92 Å². The number of carbonyl (C=O) groups is 1. The average Bonchev–Trinajstić information content (AvgIpc) is 3.27. The van der Waals surface area contributed by atoms with Gasteiger partial charge in [-0.2, -0.15) is 4.98 Å². The molecule has 0 saturated carbocycles. The van der Waals surface area contributed by atoms with Crippen molar-refractivity contribution in [3.8, 4) is 0 Å². The minimum absolute atomic E-state index is 0.00375. The summed E-state index contributed by atoms with van der Waals surface area (Å²) in [5.41, 5.74) is 0.612. The number of hydrogen-bond acceptors (Lipinski definition) is 7. The lowest BCUT2D eigenvalue weighted by molar-refractivity contribution is 0.0211. The Hall–Kier alpha value is -2.32. The third-order valence-corrected chi connectivity index (χ3v) is 5.61. The van der Waals surface area contributed by atoms with Gasteiger partial charge in [0.25, 0.3) is 5.91 Å². The molecule has 1 atom stereocenters. The molecule has 1 unspecified atom stereocenters. The van der Waals surface area contributed by atoms with Crippen LogP contribution in [-0.4, -0.2) is 65.4 Å². The number of aromatic nitrogens is 3. The molecule has 2 aromatic rings. The van der Waals surface area contributed by atoms with Gasteiger partial charge in [-0.3, -0.25) is 9.78 Å². The molecule has 29 heavy (non-hydrogen) atoms. The maximum absolute atomic E-state index is 12.7. The van der Waals surface area contributed by atoms with Crippen molar-refractivity contribution < 1.29 is 18.8 Å². The van der Waals surface area contributed by atoms with Crippen molar-refractivity contribution in [3.63, 3.8) is 0 Å². The zero-order valence-corrected chi connectivity index (χ0v) is 16.7. The Balaban J connectivity index is 1.25. The number of hydrogen-bond donors (Lipinski definition) is 0. The van der Waals surface area contributed by atoms with Gasteiger partial charge in [-0.05, 0) is 43.7 Å². The Morgan fingerprint density at radius 3 is 3.00 bits per heavy atom. The molecule has 8 nitrogen and oxygen atoms in total. The summed E-state index contributed by atoms with van der Waals surface area (Å²) in [4.78, 5) is 23.1. The highest BCUT2D eigenvalue weighted by molar-refractivity contribution is 5.93. The smallest absolute Gasteiger partial charge is 0.255 e. The van der Waals surface area contributed by atoms with E-state index in [9.17, 15) is 4.79 Å². The molecule has 2 aliphatic rings. The second kappa shape index (κ2) is 9.93. The number of rotatable bonds is 7. The highest BCUT2D eigenvalue weighted by Crippen LogP contribution is 2.26. The normalized spacial score (nSPS) is 20.7. The van der Waals surface area contributed by atoms with Gasteiger partial charge in [0.15, 0.2) is 5.82 Å². The van der Waals surface area contributed by atoms with Crippen molar-refractivity contribution in [1.82, 2.24) is 20.0 Å². The molecule has 4 heterocycles. The van der Waals surface area contributed by atoms with E-state index >= 15 is 0 Å². The average molecular weight is 400 g/mol. The molecule has 156 valence electrons. The van der Waals surface area contributed by atoms with Crippen LogP contribution >= 0.6 is 0 Å². The fourth-order valence-corrected chi connectivity index (χ4v) is 3.90. The summed E-state index contributed by atoms with van der Waals surface area (Å²) in [5, 5.41) is 4.10.